The summed E-state index contributed by atoms with van der Waals surface area (Å²) in [6.07, 6.45) is 1.92. The van der Waals surface area contributed by atoms with E-state index in [4.69, 9.17) is 14.6 Å². The Morgan fingerprint density at radius 3 is 2.33 bits per heavy atom. The Bertz CT molecular complexity index is 1290. The van der Waals surface area contributed by atoms with Gasteiger partial charge in [-0.05, 0) is 50.3 Å². The van der Waals surface area contributed by atoms with E-state index < -0.39 is 0 Å². The van der Waals surface area contributed by atoms with E-state index in [1.54, 1.807) is 31.4 Å². The molecule has 3 aromatic carbocycles. The Labute approximate surface area is 232 Å². The van der Waals surface area contributed by atoms with Crippen LogP contribution >= 0.6 is 0 Å². The number of hydrogen-bond acceptors (Lipinski definition) is 6. The highest BCUT2D eigenvalue weighted by Crippen LogP contribution is 2.31. The minimum absolute atomic E-state index is 0.0426. The van der Waals surface area contributed by atoms with Crippen molar-refractivity contribution in [2.45, 2.75) is 27.3 Å². The van der Waals surface area contributed by atoms with Gasteiger partial charge in [0.25, 0.3) is 0 Å². The molecular weight excluding hydrogens is 490 g/mol. The van der Waals surface area contributed by atoms with Crippen molar-refractivity contribution < 1.29 is 19.4 Å². The number of methoxy groups -OCH3 is 1. The summed E-state index contributed by atoms with van der Waals surface area (Å²) < 4.78 is 13.1. The van der Waals surface area contributed by atoms with Crippen molar-refractivity contribution in [1.82, 2.24) is 14.8 Å². The highest BCUT2D eigenvalue weighted by Gasteiger charge is 2.18. The summed E-state index contributed by atoms with van der Waals surface area (Å²) in [5.41, 5.74) is 2.40. The van der Waals surface area contributed by atoms with E-state index in [9.17, 15) is 4.79 Å². The summed E-state index contributed by atoms with van der Waals surface area (Å²) in [4.78, 5) is 15.1. The maximum atomic E-state index is 12.7. The lowest BCUT2D eigenvalue weighted by Gasteiger charge is -2.20. The van der Waals surface area contributed by atoms with Crippen molar-refractivity contribution in [2.24, 2.45) is 0 Å². The number of phenolic OH excluding ortho intramolecular Hbond substituents is 1. The average Bonchev–Trinajstić information content (AvgIpc) is 3.37. The molecule has 0 saturated heterocycles. The van der Waals surface area contributed by atoms with Gasteiger partial charge >= 0.3 is 0 Å². The molecule has 1 heterocycles. The predicted molar refractivity (Wildman–Crippen MR) is 158 cm³/mol. The molecule has 0 aliphatic rings. The van der Waals surface area contributed by atoms with E-state index in [-0.39, 0.29) is 11.5 Å². The number of ketones is 1. The molecule has 7 heteroatoms. The molecule has 0 aliphatic heterocycles. The summed E-state index contributed by atoms with van der Waals surface area (Å²) in [7, 11) is 1.65. The van der Waals surface area contributed by atoms with Crippen molar-refractivity contribution in [3.8, 4) is 17.2 Å². The highest BCUT2D eigenvalue weighted by molar-refractivity contribution is 6.17. The Kier molecular flexibility index (Phi) is 11.9. The number of carbonyl (C=O) groups is 1. The first-order valence-corrected chi connectivity index (χ1v) is 13.6. The van der Waals surface area contributed by atoms with Crippen LogP contribution in [0.3, 0.4) is 0 Å². The van der Waals surface area contributed by atoms with E-state index in [0.29, 0.717) is 12.2 Å². The number of carbonyl (C=O) groups excluding carboxylic acids is 1. The normalized spacial score (nSPS) is 10.8. The van der Waals surface area contributed by atoms with Crippen molar-refractivity contribution in [3.63, 3.8) is 0 Å². The van der Waals surface area contributed by atoms with E-state index in [1.807, 2.05) is 54.7 Å². The fourth-order valence-electron chi connectivity index (χ4n) is 4.34. The lowest BCUT2D eigenvalue weighted by molar-refractivity contribution is 0.104. The van der Waals surface area contributed by atoms with Gasteiger partial charge in [0.1, 0.15) is 23.9 Å². The lowest BCUT2D eigenvalue weighted by Crippen LogP contribution is -2.34. The van der Waals surface area contributed by atoms with Crippen LogP contribution in [-0.2, 0) is 6.54 Å². The standard InChI is InChI=1S/C18H17NO2.C14H24N2O2/c1-3-19-12-15(18(20)13-8-5-4-6-9-13)14-10-7-11-16(21-2)17(14)19;1-3-15-9-10-16(4-2)11-12-18-14-7-5-13(17)6-8-14/h4-12H,3H2,1-2H3;5-8,15,17H,3-4,9-12H2,1-2H3. The van der Waals surface area contributed by atoms with Crippen molar-refractivity contribution >= 4 is 16.7 Å². The second-order valence-corrected chi connectivity index (χ2v) is 9.01. The number of rotatable bonds is 13. The van der Waals surface area contributed by atoms with Crippen LogP contribution in [0.5, 0.6) is 17.2 Å². The third-order valence-corrected chi connectivity index (χ3v) is 6.52. The number of para-hydroxylation sites is 1. The molecule has 0 saturated carbocycles. The van der Waals surface area contributed by atoms with Gasteiger partial charge < -0.3 is 24.5 Å². The molecule has 0 spiro atoms. The van der Waals surface area contributed by atoms with Crippen LogP contribution in [0.25, 0.3) is 10.9 Å². The largest absolute Gasteiger partial charge is 0.508 e. The van der Waals surface area contributed by atoms with Gasteiger partial charge in [-0.1, -0.05) is 56.3 Å². The number of nitrogens with zero attached hydrogens (tertiary/aromatic N) is 2. The minimum Gasteiger partial charge on any atom is -0.508 e. The molecule has 0 bridgehead atoms. The van der Waals surface area contributed by atoms with Crippen LogP contribution in [0.4, 0.5) is 0 Å². The summed E-state index contributed by atoms with van der Waals surface area (Å²) >= 11 is 0. The van der Waals surface area contributed by atoms with Crippen molar-refractivity contribution in [3.05, 3.63) is 90.1 Å². The molecule has 0 radical (unpaired) electrons. The van der Waals surface area contributed by atoms with E-state index in [2.05, 4.69) is 35.6 Å². The molecule has 7 nitrogen and oxygen atoms in total. The topological polar surface area (TPSA) is 76.0 Å². The van der Waals surface area contributed by atoms with E-state index >= 15 is 0 Å². The Morgan fingerprint density at radius 1 is 0.949 bits per heavy atom. The first-order valence-electron chi connectivity index (χ1n) is 13.6. The van der Waals surface area contributed by atoms with Gasteiger partial charge in [0, 0.05) is 48.9 Å². The molecule has 4 aromatic rings. The molecule has 0 amide bonds. The van der Waals surface area contributed by atoms with Crippen LogP contribution < -0.4 is 14.8 Å². The third-order valence-electron chi connectivity index (χ3n) is 6.52. The number of aryl methyl sites for hydroxylation is 1. The number of benzene rings is 3. The van der Waals surface area contributed by atoms with Crippen LogP contribution in [0.1, 0.15) is 36.7 Å². The summed E-state index contributed by atoms with van der Waals surface area (Å²) in [6.45, 7) is 12.8. The molecule has 0 aliphatic carbocycles. The second-order valence-electron chi connectivity index (χ2n) is 9.01. The number of hydrogen-bond donors (Lipinski definition) is 2. The van der Waals surface area contributed by atoms with Gasteiger partial charge in [-0.3, -0.25) is 9.69 Å². The molecule has 0 atom stereocenters. The van der Waals surface area contributed by atoms with Gasteiger partial charge in [0.15, 0.2) is 5.78 Å². The fourth-order valence-corrected chi connectivity index (χ4v) is 4.34. The molecular formula is C32H41N3O4. The SMILES string of the molecule is CCNCCN(CC)CCOc1ccc(O)cc1.CCn1cc(C(=O)c2ccccc2)c2cccc(OC)c21. The Morgan fingerprint density at radius 2 is 1.69 bits per heavy atom. The number of fused-ring (bicyclic) bond motifs is 1. The zero-order valence-corrected chi connectivity index (χ0v) is 23.5. The number of likely N-dealkylation sites (N-methyl/N-ethyl adjacent to an activating group) is 2. The first-order chi connectivity index (χ1) is 19.0. The van der Waals surface area contributed by atoms with E-state index in [1.165, 1.54) is 0 Å². The summed E-state index contributed by atoms with van der Waals surface area (Å²) in [5.74, 6) is 1.90. The Hall–Kier alpha value is -3.81. The van der Waals surface area contributed by atoms with E-state index in [0.717, 1.165) is 67.2 Å². The van der Waals surface area contributed by atoms with Gasteiger partial charge in [0.05, 0.1) is 12.6 Å². The first kappa shape index (κ1) is 29.7. The van der Waals surface area contributed by atoms with Crippen LogP contribution in [0.15, 0.2) is 79.0 Å². The summed E-state index contributed by atoms with van der Waals surface area (Å²) in [5, 5.41) is 13.4. The maximum Gasteiger partial charge on any atom is 0.195 e. The minimum atomic E-state index is 0.0426. The monoisotopic (exact) mass is 531 g/mol. The zero-order valence-electron chi connectivity index (χ0n) is 23.5. The average molecular weight is 532 g/mol. The van der Waals surface area contributed by atoms with Crippen LogP contribution in [0, 0.1) is 0 Å². The molecule has 1 aromatic heterocycles. The van der Waals surface area contributed by atoms with Gasteiger partial charge in [-0.15, -0.1) is 0 Å². The van der Waals surface area contributed by atoms with Crippen LogP contribution in [-0.4, -0.2) is 66.8 Å². The maximum absolute atomic E-state index is 12.7. The smallest absolute Gasteiger partial charge is 0.195 e. The quantitative estimate of drug-likeness (QED) is 0.173. The predicted octanol–water partition coefficient (Wildman–Crippen LogP) is 5.60. The lowest BCUT2D eigenvalue weighted by atomic mass is 10.0. The van der Waals surface area contributed by atoms with Crippen molar-refractivity contribution in [1.29, 1.82) is 0 Å². The summed E-state index contributed by atoms with van der Waals surface area (Å²) in [6, 6.07) is 22.0. The molecule has 2 N–H and O–H groups in total. The number of phenols is 1. The molecule has 0 fully saturated rings. The van der Waals surface area contributed by atoms with Gasteiger partial charge in [-0.2, -0.15) is 0 Å². The number of aromatic nitrogens is 1. The molecule has 0 unspecified atom stereocenters. The van der Waals surface area contributed by atoms with Crippen molar-refractivity contribution in [2.75, 3.05) is 46.4 Å². The number of aromatic hydroxyl groups is 1. The fraction of sp³-hybridized carbons (Fsp3) is 0.344. The Balaban J connectivity index is 0.000000219. The van der Waals surface area contributed by atoms with Gasteiger partial charge in [0.2, 0.25) is 0 Å². The molecule has 39 heavy (non-hydrogen) atoms. The van der Waals surface area contributed by atoms with Crippen LogP contribution in [0.2, 0.25) is 0 Å². The zero-order chi connectivity index (χ0) is 28.0. The van der Waals surface area contributed by atoms with Gasteiger partial charge in [-0.25, -0.2) is 0 Å². The third kappa shape index (κ3) is 8.34. The number of nitrogens with one attached hydrogen (secondary N) is 1. The molecule has 208 valence electrons. The second kappa shape index (κ2) is 15.6. The number of ether oxygens (including phenoxy) is 2. The highest BCUT2D eigenvalue weighted by atomic mass is 16.5. The molecule has 4 rings (SSSR count).